The number of carbonyl (C=O) groups is 2. The van der Waals surface area contributed by atoms with Gasteiger partial charge < -0.3 is 4.74 Å². The number of terminal acetylenes is 1. The van der Waals surface area contributed by atoms with Gasteiger partial charge in [0.15, 0.2) is 0 Å². The van der Waals surface area contributed by atoms with E-state index in [-0.39, 0.29) is 24.0 Å². The monoisotopic (exact) mass is 309 g/mol. The lowest BCUT2D eigenvalue weighted by Gasteiger charge is -2.20. The number of anilines is 2. The Hall–Kier alpha value is -3.20. The van der Waals surface area contributed by atoms with Crippen molar-refractivity contribution in [2.24, 2.45) is 0 Å². The van der Waals surface area contributed by atoms with Crippen molar-refractivity contribution >= 4 is 23.5 Å². The van der Waals surface area contributed by atoms with Crippen molar-refractivity contribution in [2.75, 3.05) is 11.5 Å². The summed E-state index contributed by atoms with van der Waals surface area (Å²) >= 11 is 0. The van der Waals surface area contributed by atoms with E-state index in [1.54, 1.807) is 31.2 Å². The summed E-state index contributed by atoms with van der Waals surface area (Å²) in [6.45, 7) is 3.35. The van der Waals surface area contributed by atoms with Crippen molar-refractivity contribution in [1.29, 1.82) is 0 Å². The van der Waals surface area contributed by atoms with Gasteiger partial charge in [0.25, 0.3) is 0 Å². The first-order chi connectivity index (χ1) is 11.1. The van der Waals surface area contributed by atoms with Gasteiger partial charge in [0.05, 0.1) is 17.9 Å². The molecular formula is C17H15N3O3. The fourth-order valence-electron chi connectivity index (χ4n) is 1.97. The third-order valence-electron chi connectivity index (χ3n) is 2.96. The van der Waals surface area contributed by atoms with Gasteiger partial charge in [-0.2, -0.15) is 0 Å². The molecule has 0 fully saturated rings. The van der Waals surface area contributed by atoms with Crippen molar-refractivity contribution in [3.8, 4) is 12.3 Å². The molecule has 0 saturated heterocycles. The van der Waals surface area contributed by atoms with Crippen LogP contribution in [0.5, 0.6) is 0 Å². The summed E-state index contributed by atoms with van der Waals surface area (Å²) in [6, 6.07) is 6.97. The van der Waals surface area contributed by atoms with Gasteiger partial charge in [-0.3, -0.25) is 4.79 Å². The number of hydrogen-bond donors (Lipinski definition) is 0. The molecule has 1 amide bonds. The van der Waals surface area contributed by atoms with Crippen LogP contribution in [0.2, 0.25) is 0 Å². The number of amides is 1. The maximum atomic E-state index is 12.0. The molecule has 23 heavy (non-hydrogen) atoms. The fourth-order valence-corrected chi connectivity index (χ4v) is 1.97. The van der Waals surface area contributed by atoms with E-state index in [1.807, 2.05) is 0 Å². The van der Waals surface area contributed by atoms with Crippen LogP contribution in [-0.4, -0.2) is 28.5 Å². The van der Waals surface area contributed by atoms with E-state index in [9.17, 15) is 9.59 Å². The van der Waals surface area contributed by atoms with Crippen molar-refractivity contribution in [1.82, 2.24) is 9.97 Å². The molecule has 116 valence electrons. The second-order valence-corrected chi connectivity index (χ2v) is 4.51. The number of benzene rings is 1. The van der Waals surface area contributed by atoms with E-state index in [2.05, 4.69) is 15.9 Å². The Morgan fingerprint density at radius 3 is 2.48 bits per heavy atom. The highest BCUT2D eigenvalue weighted by Crippen LogP contribution is 2.25. The predicted octanol–water partition coefficient (Wildman–Crippen LogP) is 2.32. The molecule has 0 spiro atoms. The number of hydrogen-bond acceptors (Lipinski definition) is 5. The first kappa shape index (κ1) is 16.2. The lowest BCUT2D eigenvalue weighted by molar-refractivity contribution is -0.115. The highest BCUT2D eigenvalue weighted by Gasteiger charge is 2.20. The molecule has 1 heterocycles. The van der Waals surface area contributed by atoms with Crippen LogP contribution in [0.1, 0.15) is 29.8 Å². The Bertz CT molecular complexity index is 763. The number of esters is 1. The summed E-state index contributed by atoms with van der Waals surface area (Å²) in [5.74, 6) is 1.85. The van der Waals surface area contributed by atoms with E-state index in [0.717, 1.165) is 0 Å². The van der Waals surface area contributed by atoms with E-state index in [0.29, 0.717) is 11.3 Å². The molecule has 2 aromatic rings. The van der Waals surface area contributed by atoms with Crippen LogP contribution in [0.3, 0.4) is 0 Å². The van der Waals surface area contributed by atoms with Crippen LogP contribution in [0.4, 0.5) is 11.6 Å². The van der Waals surface area contributed by atoms with Crippen LogP contribution in [0, 0.1) is 12.3 Å². The molecule has 1 aromatic heterocycles. The summed E-state index contributed by atoms with van der Waals surface area (Å²) < 4.78 is 4.87. The minimum absolute atomic E-state index is 0.133. The van der Waals surface area contributed by atoms with E-state index >= 15 is 0 Å². The highest BCUT2D eigenvalue weighted by atomic mass is 16.5. The predicted molar refractivity (Wildman–Crippen MR) is 85.2 cm³/mol. The van der Waals surface area contributed by atoms with Crippen LogP contribution in [0.15, 0.2) is 36.7 Å². The standard InChI is InChI=1S/C17H15N3O3/c1-4-13-8-6-7-9-15(13)20(12(3)21)17-18-10-14(11-19-17)16(22)23-5-2/h1,6-11H,5H2,2-3H3. The molecule has 6 nitrogen and oxygen atoms in total. The van der Waals surface area contributed by atoms with E-state index in [1.165, 1.54) is 24.2 Å². The summed E-state index contributed by atoms with van der Waals surface area (Å²) in [7, 11) is 0. The SMILES string of the molecule is C#Cc1ccccc1N(C(C)=O)c1ncc(C(=O)OCC)cn1. The summed E-state index contributed by atoms with van der Waals surface area (Å²) in [6.07, 6.45) is 8.10. The Kier molecular flexibility index (Phi) is 5.05. The number of para-hydroxylation sites is 1. The van der Waals surface area contributed by atoms with Gasteiger partial charge in [-0.15, -0.1) is 6.42 Å². The smallest absolute Gasteiger partial charge is 0.341 e. The van der Waals surface area contributed by atoms with Crippen LogP contribution in [0.25, 0.3) is 0 Å². The minimum Gasteiger partial charge on any atom is -0.462 e. The van der Waals surface area contributed by atoms with Gasteiger partial charge >= 0.3 is 5.97 Å². The summed E-state index contributed by atoms with van der Waals surface area (Å²) in [5.41, 5.74) is 1.26. The number of nitrogens with zero attached hydrogens (tertiary/aromatic N) is 3. The maximum absolute atomic E-state index is 12.0. The second-order valence-electron chi connectivity index (χ2n) is 4.51. The average Bonchev–Trinajstić information content (AvgIpc) is 2.56. The van der Waals surface area contributed by atoms with Crippen molar-refractivity contribution < 1.29 is 14.3 Å². The molecule has 0 aliphatic rings. The Balaban J connectivity index is 2.42. The van der Waals surface area contributed by atoms with Gasteiger partial charge in [-0.05, 0) is 19.1 Å². The Morgan fingerprint density at radius 2 is 1.91 bits per heavy atom. The third-order valence-corrected chi connectivity index (χ3v) is 2.96. The van der Waals surface area contributed by atoms with Gasteiger partial charge in [0.2, 0.25) is 11.9 Å². The number of ether oxygens (including phenoxy) is 1. The van der Waals surface area contributed by atoms with E-state index < -0.39 is 5.97 Å². The first-order valence-electron chi connectivity index (χ1n) is 6.94. The van der Waals surface area contributed by atoms with E-state index in [4.69, 9.17) is 11.2 Å². The van der Waals surface area contributed by atoms with Crippen molar-refractivity contribution in [2.45, 2.75) is 13.8 Å². The second kappa shape index (κ2) is 7.18. The molecule has 1 aromatic carbocycles. The molecule has 6 heteroatoms. The molecule has 0 unspecified atom stereocenters. The molecule has 2 rings (SSSR count). The normalized spacial score (nSPS) is 9.78. The van der Waals surface area contributed by atoms with Gasteiger partial charge in [0, 0.05) is 24.9 Å². The van der Waals surface area contributed by atoms with Crippen LogP contribution >= 0.6 is 0 Å². The largest absolute Gasteiger partial charge is 0.462 e. The zero-order chi connectivity index (χ0) is 16.8. The Morgan fingerprint density at radius 1 is 1.26 bits per heavy atom. The average molecular weight is 309 g/mol. The molecule has 0 aliphatic heterocycles. The van der Waals surface area contributed by atoms with Gasteiger partial charge in [0.1, 0.15) is 0 Å². The first-order valence-corrected chi connectivity index (χ1v) is 6.94. The lowest BCUT2D eigenvalue weighted by atomic mass is 10.1. The maximum Gasteiger partial charge on any atom is 0.341 e. The molecule has 0 bridgehead atoms. The molecule has 0 aliphatic carbocycles. The van der Waals surface area contributed by atoms with Gasteiger partial charge in [-0.25, -0.2) is 19.7 Å². The van der Waals surface area contributed by atoms with Crippen LogP contribution in [-0.2, 0) is 9.53 Å². The zero-order valence-corrected chi connectivity index (χ0v) is 12.8. The molecule has 0 saturated carbocycles. The topological polar surface area (TPSA) is 72.4 Å². The molecule has 0 atom stereocenters. The fraction of sp³-hybridized carbons (Fsp3) is 0.176. The van der Waals surface area contributed by atoms with Crippen molar-refractivity contribution in [3.63, 3.8) is 0 Å². The highest BCUT2D eigenvalue weighted by molar-refractivity contribution is 5.98. The number of aromatic nitrogens is 2. The lowest BCUT2D eigenvalue weighted by Crippen LogP contribution is -2.26. The number of carbonyl (C=O) groups excluding carboxylic acids is 2. The molecular weight excluding hydrogens is 294 g/mol. The number of rotatable bonds is 4. The third kappa shape index (κ3) is 3.52. The minimum atomic E-state index is -0.516. The van der Waals surface area contributed by atoms with Gasteiger partial charge in [-0.1, -0.05) is 18.1 Å². The quantitative estimate of drug-likeness (QED) is 0.640. The zero-order valence-electron chi connectivity index (χ0n) is 12.8. The Labute approximate surface area is 134 Å². The molecule has 0 N–H and O–H groups in total. The molecule has 0 radical (unpaired) electrons. The summed E-state index contributed by atoms with van der Waals surface area (Å²) in [4.78, 5) is 33.1. The van der Waals surface area contributed by atoms with Crippen LogP contribution < -0.4 is 4.90 Å². The van der Waals surface area contributed by atoms with Crippen molar-refractivity contribution in [3.05, 3.63) is 47.8 Å². The summed E-state index contributed by atoms with van der Waals surface area (Å²) in [5, 5.41) is 0.